The van der Waals surface area contributed by atoms with E-state index >= 15 is 0 Å². The Kier molecular flexibility index (Phi) is 6.09. The average molecular weight is 474 g/mol. The van der Waals surface area contributed by atoms with Gasteiger partial charge in [-0.05, 0) is 38.3 Å². The van der Waals surface area contributed by atoms with Gasteiger partial charge in [0.25, 0.3) is 0 Å². The highest BCUT2D eigenvalue weighted by atomic mass is 19.1. The number of nitrogens with one attached hydrogen (secondary N) is 1. The minimum absolute atomic E-state index is 0.113. The van der Waals surface area contributed by atoms with E-state index in [1.807, 2.05) is 0 Å². The van der Waals surface area contributed by atoms with Crippen LogP contribution >= 0.6 is 0 Å². The minimum atomic E-state index is -0.540. The van der Waals surface area contributed by atoms with Crippen LogP contribution in [-0.4, -0.2) is 42.4 Å². The van der Waals surface area contributed by atoms with Gasteiger partial charge in [0.2, 0.25) is 0 Å². The fourth-order valence-electron chi connectivity index (χ4n) is 4.19. The molecule has 0 aliphatic heterocycles. The Hall–Kier alpha value is -4.34. The van der Waals surface area contributed by atoms with E-state index in [1.165, 1.54) is 24.7 Å². The summed E-state index contributed by atoms with van der Waals surface area (Å²) in [5, 5.41) is 18.1. The zero-order valence-electron chi connectivity index (χ0n) is 19.0. The number of hydrogen-bond donors (Lipinski definition) is 2. The van der Waals surface area contributed by atoms with Crippen molar-refractivity contribution in [3.8, 4) is 17.3 Å². The summed E-state index contributed by atoms with van der Waals surface area (Å²) in [6, 6.07) is 8.23. The second kappa shape index (κ2) is 9.49. The number of carbonyl (C=O) groups is 1. The fraction of sp³-hybridized carbons (Fsp3) is 0.240. The van der Waals surface area contributed by atoms with Crippen molar-refractivity contribution >= 4 is 17.5 Å². The summed E-state index contributed by atoms with van der Waals surface area (Å²) >= 11 is 0. The fourth-order valence-corrected chi connectivity index (χ4v) is 4.19. The van der Waals surface area contributed by atoms with Crippen molar-refractivity contribution in [1.82, 2.24) is 24.7 Å². The molecule has 2 N–H and O–H groups in total. The van der Waals surface area contributed by atoms with Crippen molar-refractivity contribution in [3.63, 3.8) is 0 Å². The Bertz CT molecular complexity index is 1400. The molecule has 1 aliphatic carbocycles. The number of carbonyl (C=O) groups excluding carboxylic acids is 1. The molecule has 4 aromatic rings. The summed E-state index contributed by atoms with van der Waals surface area (Å²) < 4.78 is 21.2. The van der Waals surface area contributed by atoms with Crippen LogP contribution in [0.15, 0.2) is 48.9 Å². The molecule has 3 heterocycles. The minimum Gasteiger partial charge on any atom is -0.503 e. The van der Waals surface area contributed by atoms with Crippen LogP contribution in [0.1, 0.15) is 40.5 Å². The van der Waals surface area contributed by atoms with E-state index in [1.54, 1.807) is 35.9 Å². The zero-order valence-corrected chi connectivity index (χ0v) is 19.0. The van der Waals surface area contributed by atoms with Gasteiger partial charge >= 0.3 is 5.97 Å². The molecule has 1 aromatic carbocycles. The molecule has 0 bridgehead atoms. The Balaban J connectivity index is 1.50. The van der Waals surface area contributed by atoms with Crippen LogP contribution in [0.2, 0.25) is 0 Å². The van der Waals surface area contributed by atoms with Gasteiger partial charge in [-0.15, -0.1) is 0 Å². The Morgan fingerprint density at radius 1 is 1.23 bits per heavy atom. The van der Waals surface area contributed by atoms with Gasteiger partial charge in [0, 0.05) is 29.2 Å². The van der Waals surface area contributed by atoms with E-state index in [0.717, 1.165) is 30.5 Å². The number of aromatic nitrogens is 5. The summed E-state index contributed by atoms with van der Waals surface area (Å²) in [5.74, 6) is -0.576. The quantitative estimate of drug-likeness (QED) is 0.386. The van der Waals surface area contributed by atoms with Crippen LogP contribution in [0, 0.1) is 5.82 Å². The zero-order chi connectivity index (χ0) is 24.4. The van der Waals surface area contributed by atoms with Gasteiger partial charge in [0.1, 0.15) is 17.1 Å². The molecule has 0 spiro atoms. The highest BCUT2D eigenvalue weighted by molar-refractivity contribution is 5.96. The van der Waals surface area contributed by atoms with Crippen molar-refractivity contribution in [1.29, 1.82) is 0 Å². The molecule has 35 heavy (non-hydrogen) atoms. The maximum atomic E-state index is 14.3. The molecule has 0 amide bonds. The number of rotatable bonds is 7. The van der Waals surface area contributed by atoms with E-state index < -0.39 is 5.97 Å². The first-order valence-corrected chi connectivity index (χ1v) is 11.3. The number of ether oxygens (including phenoxy) is 1. The monoisotopic (exact) mass is 474 g/mol. The molecule has 5 rings (SSSR count). The van der Waals surface area contributed by atoms with Crippen LogP contribution in [0.25, 0.3) is 11.5 Å². The summed E-state index contributed by atoms with van der Waals surface area (Å²) in [4.78, 5) is 25.1. The van der Waals surface area contributed by atoms with Gasteiger partial charge in [-0.3, -0.25) is 9.67 Å². The lowest BCUT2D eigenvalue weighted by molar-refractivity contribution is 0.0527. The molecule has 0 fully saturated rings. The third-order valence-electron chi connectivity index (χ3n) is 5.84. The van der Waals surface area contributed by atoms with E-state index in [0.29, 0.717) is 29.3 Å². The lowest BCUT2D eigenvalue weighted by Gasteiger charge is -2.12. The van der Waals surface area contributed by atoms with Gasteiger partial charge in [0.05, 0.1) is 25.0 Å². The van der Waals surface area contributed by atoms with Gasteiger partial charge in [0.15, 0.2) is 17.4 Å². The number of anilines is 2. The smallest absolute Gasteiger partial charge is 0.341 e. The number of esters is 1. The molecular weight excluding hydrogens is 451 g/mol. The standard InChI is InChI=1S/C25H23FN6O3/c1-2-35-25(34)17-12-27-11-10-19(17)29-23-21(33)13-28-24(30-23)22-16-7-5-9-20(16)32(31-22)14-15-6-3-4-8-18(15)26/h3-4,6,8,10-13,33H,2,5,7,9,14H2,1H3,(H,27,28,29,30). The molecule has 3 aromatic heterocycles. The predicted molar refractivity (Wildman–Crippen MR) is 126 cm³/mol. The SMILES string of the molecule is CCOC(=O)c1cnccc1Nc1nc(-c2nn(Cc3ccccc3F)c3c2CCC3)ncc1O. The number of halogens is 1. The Morgan fingerprint density at radius 3 is 2.91 bits per heavy atom. The molecule has 9 nitrogen and oxygen atoms in total. The first-order valence-electron chi connectivity index (χ1n) is 11.3. The Labute approximate surface area is 200 Å². The molecule has 178 valence electrons. The topological polar surface area (TPSA) is 115 Å². The van der Waals surface area contributed by atoms with Gasteiger partial charge in [-0.1, -0.05) is 18.2 Å². The van der Waals surface area contributed by atoms with Gasteiger partial charge in [-0.2, -0.15) is 5.10 Å². The Morgan fingerprint density at radius 2 is 2.09 bits per heavy atom. The van der Waals surface area contributed by atoms with Crippen LogP contribution < -0.4 is 5.32 Å². The molecule has 0 unspecified atom stereocenters. The van der Waals surface area contributed by atoms with Crippen LogP contribution in [0.5, 0.6) is 5.75 Å². The van der Waals surface area contributed by atoms with E-state index in [2.05, 4.69) is 20.3 Å². The second-order valence-electron chi connectivity index (χ2n) is 8.07. The molecular formula is C25H23FN6O3. The van der Waals surface area contributed by atoms with E-state index in [-0.39, 0.29) is 29.6 Å². The number of aromatic hydroxyl groups is 1. The first kappa shape index (κ1) is 22.5. The third-order valence-corrected chi connectivity index (χ3v) is 5.84. The van der Waals surface area contributed by atoms with Crippen molar-refractivity contribution in [2.75, 3.05) is 11.9 Å². The summed E-state index contributed by atoms with van der Waals surface area (Å²) in [5.41, 5.74) is 3.80. The molecule has 0 saturated carbocycles. The lowest BCUT2D eigenvalue weighted by Crippen LogP contribution is -2.09. The van der Waals surface area contributed by atoms with Crippen LogP contribution in [0.4, 0.5) is 15.9 Å². The van der Waals surface area contributed by atoms with Crippen molar-refractivity contribution in [2.24, 2.45) is 0 Å². The van der Waals surface area contributed by atoms with Gasteiger partial charge < -0.3 is 15.2 Å². The number of pyridine rings is 1. The molecule has 0 saturated heterocycles. The van der Waals surface area contributed by atoms with Crippen LogP contribution in [-0.2, 0) is 24.1 Å². The second-order valence-corrected chi connectivity index (χ2v) is 8.07. The highest BCUT2D eigenvalue weighted by Crippen LogP contribution is 2.33. The number of nitrogens with zero attached hydrogens (tertiary/aromatic N) is 5. The number of benzene rings is 1. The molecule has 0 radical (unpaired) electrons. The third kappa shape index (κ3) is 4.42. The largest absolute Gasteiger partial charge is 0.503 e. The average Bonchev–Trinajstić information content (AvgIpc) is 3.46. The first-order chi connectivity index (χ1) is 17.0. The highest BCUT2D eigenvalue weighted by Gasteiger charge is 2.26. The number of hydrogen-bond acceptors (Lipinski definition) is 8. The maximum absolute atomic E-state index is 14.3. The van der Waals surface area contributed by atoms with Crippen molar-refractivity contribution in [3.05, 3.63) is 77.1 Å². The van der Waals surface area contributed by atoms with Gasteiger partial charge in [-0.25, -0.2) is 19.2 Å². The molecule has 10 heteroatoms. The number of fused-ring (bicyclic) bond motifs is 1. The maximum Gasteiger partial charge on any atom is 0.341 e. The predicted octanol–water partition coefficient (Wildman–Crippen LogP) is 4.04. The summed E-state index contributed by atoms with van der Waals surface area (Å²) in [6.45, 7) is 2.24. The van der Waals surface area contributed by atoms with E-state index in [4.69, 9.17) is 9.84 Å². The summed E-state index contributed by atoms with van der Waals surface area (Å²) in [7, 11) is 0. The van der Waals surface area contributed by atoms with Crippen molar-refractivity contribution < 1.29 is 19.0 Å². The van der Waals surface area contributed by atoms with Crippen molar-refractivity contribution in [2.45, 2.75) is 32.7 Å². The normalized spacial score (nSPS) is 12.4. The lowest BCUT2D eigenvalue weighted by atomic mass is 10.2. The van der Waals surface area contributed by atoms with E-state index in [9.17, 15) is 14.3 Å². The molecule has 1 aliphatic rings. The molecule has 0 atom stereocenters. The summed E-state index contributed by atoms with van der Waals surface area (Å²) in [6.07, 6.45) is 6.79. The van der Waals surface area contributed by atoms with Crippen LogP contribution in [0.3, 0.4) is 0 Å².